The first kappa shape index (κ1) is 17.0. The van der Waals surface area contributed by atoms with Crippen LogP contribution in [0.15, 0.2) is 62.9 Å². The van der Waals surface area contributed by atoms with Crippen LogP contribution in [0.4, 0.5) is 0 Å². The summed E-state index contributed by atoms with van der Waals surface area (Å²) < 4.78 is 11.3. The molecule has 28 heavy (non-hydrogen) atoms. The minimum absolute atomic E-state index is 0.0881. The number of carbonyl (C=O) groups excluding carboxylic acids is 2. The molecule has 0 bridgehead atoms. The molecule has 2 heterocycles. The normalized spacial score (nSPS) is 13.4. The highest BCUT2D eigenvalue weighted by Crippen LogP contribution is 2.37. The summed E-state index contributed by atoms with van der Waals surface area (Å²) in [6, 6.07) is 14.2. The summed E-state index contributed by atoms with van der Waals surface area (Å²) in [6.45, 7) is 0. The Morgan fingerprint density at radius 2 is 1.50 bits per heavy atom. The van der Waals surface area contributed by atoms with Crippen LogP contribution in [-0.4, -0.2) is 16.6 Å². The molecular weight excluding hydrogens is 401 g/mol. The van der Waals surface area contributed by atoms with E-state index in [4.69, 9.17) is 32.0 Å². The summed E-state index contributed by atoms with van der Waals surface area (Å²) in [5.41, 5.74) is 1.68. The van der Waals surface area contributed by atoms with Gasteiger partial charge in [0.2, 0.25) is 5.89 Å². The van der Waals surface area contributed by atoms with E-state index in [-0.39, 0.29) is 38.3 Å². The molecule has 0 saturated heterocycles. The zero-order valence-corrected chi connectivity index (χ0v) is 15.5. The lowest BCUT2D eigenvalue weighted by Gasteiger charge is -2.00. The number of Topliss-reactive ketones (excluding diaryl/α,β-unsaturated/α-hetero) is 2. The van der Waals surface area contributed by atoms with Crippen molar-refractivity contribution in [2.45, 2.75) is 0 Å². The van der Waals surface area contributed by atoms with Gasteiger partial charge in [-0.2, -0.15) is 4.98 Å². The number of allylic oxidation sites excluding steroid dienone is 1. The van der Waals surface area contributed by atoms with E-state index in [1.165, 1.54) is 18.2 Å². The van der Waals surface area contributed by atoms with Crippen LogP contribution >= 0.6 is 23.2 Å². The van der Waals surface area contributed by atoms with Crippen LogP contribution < -0.4 is 0 Å². The van der Waals surface area contributed by atoms with Crippen molar-refractivity contribution in [2.75, 3.05) is 0 Å². The van der Waals surface area contributed by atoms with E-state index in [1.807, 2.05) is 30.3 Å². The van der Waals surface area contributed by atoms with Crippen molar-refractivity contribution in [1.29, 1.82) is 0 Å². The lowest BCUT2D eigenvalue weighted by Crippen LogP contribution is -2.00. The molecule has 5 rings (SSSR count). The average molecular weight is 410 g/mol. The molecule has 1 aliphatic rings. The summed E-state index contributed by atoms with van der Waals surface area (Å²) in [5.74, 6) is -0.315. The average Bonchev–Trinajstić information content (AvgIpc) is 3.32. The summed E-state index contributed by atoms with van der Waals surface area (Å²) in [5, 5.41) is 0.352. The Hall–Kier alpha value is -3.15. The van der Waals surface area contributed by atoms with Gasteiger partial charge in [0.25, 0.3) is 5.71 Å². The molecule has 0 aliphatic heterocycles. The van der Waals surface area contributed by atoms with Gasteiger partial charge >= 0.3 is 0 Å². The topological polar surface area (TPSA) is 73.3 Å². The fourth-order valence-electron chi connectivity index (χ4n) is 3.18. The van der Waals surface area contributed by atoms with Crippen molar-refractivity contribution in [3.8, 4) is 11.3 Å². The van der Waals surface area contributed by atoms with Gasteiger partial charge in [0.05, 0.1) is 26.7 Å². The maximum atomic E-state index is 12.7. The fraction of sp³-hybridized carbons (Fsp3) is 0. The molecule has 1 aliphatic carbocycles. The molecule has 7 heteroatoms. The van der Waals surface area contributed by atoms with Crippen LogP contribution in [0.2, 0.25) is 10.0 Å². The summed E-state index contributed by atoms with van der Waals surface area (Å²) in [6.07, 6.45) is 1.29. The molecule has 0 spiro atoms. The SMILES string of the molecule is O=C1C(=Cc2nc3oc(-c4ccccc4)cc3o2)C(=O)c2c(Cl)ccc(Cl)c21. The highest BCUT2D eigenvalue weighted by molar-refractivity contribution is 6.49. The van der Waals surface area contributed by atoms with Gasteiger partial charge < -0.3 is 8.83 Å². The number of halogens is 2. The summed E-state index contributed by atoms with van der Waals surface area (Å²) in [7, 11) is 0. The molecule has 2 aromatic heterocycles. The number of hydrogen-bond acceptors (Lipinski definition) is 5. The van der Waals surface area contributed by atoms with Crippen LogP contribution in [0, 0.1) is 0 Å². The highest BCUT2D eigenvalue weighted by atomic mass is 35.5. The van der Waals surface area contributed by atoms with Crippen molar-refractivity contribution in [3.63, 3.8) is 0 Å². The van der Waals surface area contributed by atoms with Crippen LogP contribution in [0.25, 0.3) is 28.7 Å². The molecule has 0 amide bonds. The minimum atomic E-state index is -0.507. The molecule has 136 valence electrons. The number of carbonyl (C=O) groups is 2. The smallest absolute Gasteiger partial charge is 0.266 e. The first-order chi connectivity index (χ1) is 13.5. The predicted octanol–water partition coefficient (Wildman–Crippen LogP) is 5.86. The number of nitrogens with zero attached hydrogens (tertiary/aromatic N) is 1. The van der Waals surface area contributed by atoms with Crippen molar-refractivity contribution in [3.05, 3.63) is 81.2 Å². The standard InChI is InChI=1S/C21H9Cl2NO4/c22-12-6-7-13(23)18-17(12)19(25)11(20(18)26)8-16-24-21-15(27-16)9-14(28-21)10-4-2-1-3-5-10/h1-9H. The van der Waals surface area contributed by atoms with Gasteiger partial charge in [-0.1, -0.05) is 53.5 Å². The Labute approximate surface area is 168 Å². The molecule has 0 atom stereocenters. The molecule has 0 saturated carbocycles. The third-order valence-corrected chi connectivity index (χ3v) is 5.11. The summed E-state index contributed by atoms with van der Waals surface area (Å²) in [4.78, 5) is 29.5. The number of hydrogen-bond donors (Lipinski definition) is 0. The van der Waals surface area contributed by atoms with Gasteiger partial charge in [-0.3, -0.25) is 9.59 Å². The molecule has 0 unspecified atom stereocenters. The Morgan fingerprint density at radius 3 is 2.11 bits per heavy atom. The van der Waals surface area contributed by atoms with Gasteiger partial charge in [-0.25, -0.2) is 0 Å². The maximum absolute atomic E-state index is 12.7. The summed E-state index contributed by atoms with van der Waals surface area (Å²) >= 11 is 12.2. The molecule has 4 aromatic rings. The van der Waals surface area contributed by atoms with E-state index in [2.05, 4.69) is 4.98 Å². The Balaban J connectivity index is 1.55. The van der Waals surface area contributed by atoms with E-state index in [1.54, 1.807) is 6.07 Å². The quantitative estimate of drug-likeness (QED) is 0.306. The van der Waals surface area contributed by atoms with Gasteiger partial charge in [-0.05, 0) is 12.1 Å². The second-order valence-electron chi connectivity index (χ2n) is 6.19. The zero-order chi connectivity index (χ0) is 19.4. The number of fused-ring (bicyclic) bond motifs is 2. The second-order valence-corrected chi connectivity index (χ2v) is 7.01. The number of furan rings is 1. The lowest BCUT2D eigenvalue weighted by molar-refractivity contribution is 0.0990. The highest BCUT2D eigenvalue weighted by Gasteiger charge is 2.37. The van der Waals surface area contributed by atoms with Crippen molar-refractivity contribution >= 4 is 52.1 Å². The van der Waals surface area contributed by atoms with E-state index in [0.29, 0.717) is 11.3 Å². The number of aromatic nitrogens is 1. The molecular formula is C21H9Cl2NO4. The molecule has 2 aromatic carbocycles. The van der Waals surface area contributed by atoms with Crippen molar-refractivity contribution < 1.29 is 18.4 Å². The Bertz CT molecular complexity index is 1240. The Kier molecular flexibility index (Phi) is 3.75. The van der Waals surface area contributed by atoms with Gasteiger partial charge in [0.15, 0.2) is 17.1 Å². The van der Waals surface area contributed by atoms with Crippen LogP contribution in [0.3, 0.4) is 0 Å². The Morgan fingerprint density at radius 1 is 0.857 bits per heavy atom. The molecule has 5 nitrogen and oxygen atoms in total. The number of rotatable bonds is 2. The van der Waals surface area contributed by atoms with Crippen molar-refractivity contribution in [2.24, 2.45) is 0 Å². The third kappa shape index (κ3) is 2.52. The monoisotopic (exact) mass is 409 g/mol. The first-order valence-electron chi connectivity index (χ1n) is 8.28. The van der Waals surface area contributed by atoms with Gasteiger partial charge in [0.1, 0.15) is 5.76 Å². The van der Waals surface area contributed by atoms with E-state index >= 15 is 0 Å². The van der Waals surface area contributed by atoms with E-state index in [0.717, 1.165) is 5.56 Å². The number of oxazole rings is 1. The van der Waals surface area contributed by atoms with Crippen LogP contribution in [0.5, 0.6) is 0 Å². The molecule has 0 radical (unpaired) electrons. The van der Waals surface area contributed by atoms with Gasteiger partial charge in [0, 0.05) is 17.7 Å². The predicted molar refractivity (Wildman–Crippen MR) is 105 cm³/mol. The van der Waals surface area contributed by atoms with E-state index in [9.17, 15) is 9.59 Å². The van der Waals surface area contributed by atoms with Crippen LogP contribution in [0.1, 0.15) is 26.6 Å². The lowest BCUT2D eigenvalue weighted by atomic mass is 10.1. The zero-order valence-electron chi connectivity index (χ0n) is 14.0. The first-order valence-corrected chi connectivity index (χ1v) is 9.03. The van der Waals surface area contributed by atoms with E-state index < -0.39 is 11.6 Å². The largest absolute Gasteiger partial charge is 0.435 e. The van der Waals surface area contributed by atoms with Crippen molar-refractivity contribution in [1.82, 2.24) is 4.98 Å². The number of benzene rings is 2. The maximum Gasteiger partial charge on any atom is 0.266 e. The minimum Gasteiger partial charge on any atom is -0.435 e. The third-order valence-electron chi connectivity index (χ3n) is 4.48. The fourth-order valence-corrected chi connectivity index (χ4v) is 3.67. The second kappa shape index (κ2) is 6.19. The van der Waals surface area contributed by atoms with Gasteiger partial charge in [-0.15, -0.1) is 0 Å². The van der Waals surface area contributed by atoms with Crippen LogP contribution in [-0.2, 0) is 0 Å². The molecule has 0 N–H and O–H groups in total. The number of ketones is 2. The molecule has 0 fully saturated rings.